The van der Waals surface area contributed by atoms with Crippen LogP contribution in [0.5, 0.6) is 0 Å². The standard InChI is InChI=1S/C7H4F5NO2S/c1-16(14,15)13-7-5(11)3(9)2(8)4(10)6(7)12/h13H,1H3. The maximum absolute atomic E-state index is 12.9. The molecule has 0 heterocycles. The number of nitrogens with one attached hydrogen (secondary N) is 1. The van der Waals surface area contributed by atoms with E-state index in [1.54, 1.807) is 0 Å². The van der Waals surface area contributed by atoms with Crippen LogP contribution in [0.1, 0.15) is 0 Å². The van der Waals surface area contributed by atoms with E-state index in [0.717, 1.165) is 0 Å². The van der Waals surface area contributed by atoms with E-state index < -0.39 is 44.8 Å². The molecule has 90 valence electrons. The molecule has 0 fully saturated rings. The normalized spacial score (nSPS) is 11.6. The summed E-state index contributed by atoms with van der Waals surface area (Å²) in [5, 5.41) is 0. The third-order valence-corrected chi connectivity index (χ3v) is 2.07. The van der Waals surface area contributed by atoms with Crippen LogP contribution in [0.15, 0.2) is 0 Å². The molecular formula is C7H4F5NO2S. The fourth-order valence-electron chi connectivity index (χ4n) is 0.880. The van der Waals surface area contributed by atoms with Crippen molar-refractivity contribution in [3.63, 3.8) is 0 Å². The van der Waals surface area contributed by atoms with Crippen molar-refractivity contribution in [1.82, 2.24) is 0 Å². The van der Waals surface area contributed by atoms with Gasteiger partial charge in [0, 0.05) is 0 Å². The van der Waals surface area contributed by atoms with Crippen molar-refractivity contribution in [2.75, 3.05) is 11.0 Å². The van der Waals surface area contributed by atoms with Gasteiger partial charge in [-0.2, -0.15) is 0 Å². The van der Waals surface area contributed by atoms with Gasteiger partial charge in [0.25, 0.3) is 0 Å². The van der Waals surface area contributed by atoms with E-state index in [-0.39, 0.29) is 0 Å². The van der Waals surface area contributed by atoms with E-state index in [9.17, 15) is 30.4 Å². The number of halogens is 5. The molecule has 1 rings (SSSR count). The summed E-state index contributed by atoms with van der Waals surface area (Å²) in [7, 11) is -4.15. The van der Waals surface area contributed by atoms with Gasteiger partial charge in [-0.25, -0.2) is 30.4 Å². The first-order valence-corrected chi connectivity index (χ1v) is 5.53. The molecule has 1 aromatic carbocycles. The van der Waals surface area contributed by atoms with Gasteiger partial charge in [0.15, 0.2) is 23.3 Å². The van der Waals surface area contributed by atoms with Crippen LogP contribution in [0.3, 0.4) is 0 Å². The van der Waals surface area contributed by atoms with Crippen LogP contribution in [-0.2, 0) is 10.0 Å². The monoisotopic (exact) mass is 261 g/mol. The Labute approximate surface area is 86.9 Å². The quantitative estimate of drug-likeness (QED) is 0.501. The molecule has 0 saturated carbocycles. The Kier molecular flexibility index (Phi) is 3.08. The summed E-state index contributed by atoms with van der Waals surface area (Å²) < 4.78 is 85.9. The minimum atomic E-state index is -4.15. The lowest BCUT2D eigenvalue weighted by atomic mass is 10.2. The van der Waals surface area contributed by atoms with Gasteiger partial charge in [-0.3, -0.25) is 4.72 Å². The highest BCUT2D eigenvalue weighted by molar-refractivity contribution is 7.92. The lowest BCUT2D eigenvalue weighted by Crippen LogP contribution is -2.15. The third kappa shape index (κ3) is 2.23. The van der Waals surface area contributed by atoms with Crippen molar-refractivity contribution >= 4 is 15.7 Å². The fourth-order valence-corrected chi connectivity index (χ4v) is 1.43. The highest BCUT2D eigenvalue weighted by Gasteiger charge is 2.27. The minimum Gasteiger partial charge on any atom is -0.278 e. The second-order valence-electron chi connectivity index (χ2n) is 2.82. The zero-order valence-corrected chi connectivity index (χ0v) is 8.43. The summed E-state index contributed by atoms with van der Waals surface area (Å²) in [5.41, 5.74) is -1.60. The van der Waals surface area contributed by atoms with E-state index >= 15 is 0 Å². The van der Waals surface area contributed by atoms with Gasteiger partial charge in [0.1, 0.15) is 5.69 Å². The number of benzene rings is 1. The Morgan fingerprint density at radius 3 is 1.44 bits per heavy atom. The molecule has 3 nitrogen and oxygen atoms in total. The average molecular weight is 261 g/mol. The van der Waals surface area contributed by atoms with Crippen LogP contribution in [0.25, 0.3) is 0 Å². The van der Waals surface area contributed by atoms with Crippen molar-refractivity contribution in [2.45, 2.75) is 0 Å². The predicted molar refractivity (Wildman–Crippen MR) is 44.7 cm³/mol. The lowest BCUT2D eigenvalue weighted by Gasteiger charge is -2.08. The van der Waals surface area contributed by atoms with Crippen LogP contribution < -0.4 is 4.72 Å². The lowest BCUT2D eigenvalue weighted by molar-refractivity contribution is 0.382. The number of rotatable bonds is 2. The summed E-state index contributed by atoms with van der Waals surface area (Å²) in [4.78, 5) is 0. The van der Waals surface area contributed by atoms with Crippen molar-refractivity contribution in [3.05, 3.63) is 29.1 Å². The van der Waals surface area contributed by atoms with Crippen molar-refractivity contribution < 1.29 is 30.4 Å². The van der Waals surface area contributed by atoms with Crippen molar-refractivity contribution in [3.8, 4) is 0 Å². The zero-order valence-electron chi connectivity index (χ0n) is 7.61. The van der Waals surface area contributed by atoms with Crippen LogP contribution in [-0.4, -0.2) is 14.7 Å². The van der Waals surface area contributed by atoms with Crippen LogP contribution in [0.4, 0.5) is 27.6 Å². The average Bonchev–Trinajstić information content (AvgIpc) is 2.17. The molecule has 0 spiro atoms. The van der Waals surface area contributed by atoms with Gasteiger partial charge in [-0.15, -0.1) is 0 Å². The smallest absolute Gasteiger partial charge is 0.230 e. The van der Waals surface area contributed by atoms with Gasteiger partial charge in [0.2, 0.25) is 15.8 Å². The molecule has 0 saturated heterocycles. The van der Waals surface area contributed by atoms with Crippen LogP contribution in [0, 0.1) is 29.1 Å². The molecule has 1 aromatic rings. The second-order valence-corrected chi connectivity index (χ2v) is 4.57. The molecule has 16 heavy (non-hydrogen) atoms. The molecule has 0 aromatic heterocycles. The molecule has 1 N–H and O–H groups in total. The van der Waals surface area contributed by atoms with E-state index in [0.29, 0.717) is 6.26 Å². The molecular weight excluding hydrogens is 257 g/mol. The number of hydrogen-bond donors (Lipinski definition) is 1. The topological polar surface area (TPSA) is 46.2 Å². The highest BCUT2D eigenvalue weighted by atomic mass is 32.2. The molecule has 0 bridgehead atoms. The first-order chi connectivity index (χ1) is 7.15. The highest BCUT2D eigenvalue weighted by Crippen LogP contribution is 2.27. The molecule has 0 aliphatic carbocycles. The SMILES string of the molecule is CS(=O)(=O)Nc1c(F)c(F)c(F)c(F)c1F. The molecule has 0 aliphatic rings. The second kappa shape index (κ2) is 3.89. The Hall–Kier alpha value is -1.38. The van der Waals surface area contributed by atoms with Gasteiger partial charge in [0.05, 0.1) is 6.26 Å². The van der Waals surface area contributed by atoms with Crippen LogP contribution in [0.2, 0.25) is 0 Å². The summed E-state index contributed by atoms with van der Waals surface area (Å²) in [5.74, 6) is -11.3. The van der Waals surface area contributed by atoms with E-state index in [1.165, 1.54) is 4.72 Å². The van der Waals surface area contributed by atoms with Crippen molar-refractivity contribution in [2.24, 2.45) is 0 Å². The summed E-state index contributed by atoms with van der Waals surface area (Å²) >= 11 is 0. The maximum Gasteiger partial charge on any atom is 0.230 e. The Morgan fingerprint density at radius 1 is 0.812 bits per heavy atom. The maximum atomic E-state index is 12.9. The van der Waals surface area contributed by atoms with Crippen LogP contribution >= 0.6 is 0 Å². The summed E-state index contributed by atoms with van der Waals surface area (Å²) in [6, 6.07) is 0. The molecule has 0 atom stereocenters. The number of sulfonamides is 1. The Morgan fingerprint density at radius 2 is 1.12 bits per heavy atom. The number of hydrogen-bond acceptors (Lipinski definition) is 2. The first-order valence-electron chi connectivity index (χ1n) is 3.64. The third-order valence-electron chi connectivity index (χ3n) is 1.50. The van der Waals surface area contributed by atoms with Crippen molar-refractivity contribution in [1.29, 1.82) is 0 Å². The van der Waals surface area contributed by atoms with Gasteiger partial charge >= 0.3 is 0 Å². The van der Waals surface area contributed by atoms with Gasteiger partial charge in [-0.1, -0.05) is 0 Å². The molecule has 9 heteroatoms. The van der Waals surface area contributed by atoms with Gasteiger partial charge in [-0.05, 0) is 0 Å². The largest absolute Gasteiger partial charge is 0.278 e. The Bertz CT molecular complexity index is 513. The van der Waals surface area contributed by atoms with E-state index in [2.05, 4.69) is 0 Å². The summed E-state index contributed by atoms with van der Waals surface area (Å²) in [6.45, 7) is 0. The summed E-state index contributed by atoms with van der Waals surface area (Å²) in [6.07, 6.45) is 0.505. The Balaban J connectivity index is 3.52. The van der Waals surface area contributed by atoms with E-state index in [1.807, 2.05) is 0 Å². The first kappa shape index (κ1) is 12.7. The van der Waals surface area contributed by atoms with E-state index in [4.69, 9.17) is 0 Å². The number of anilines is 1. The van der Waals surface area contributed by atoms with Gasteiger partial charge < -0.3 is 0 Å². The molecule has 0 unspecified atom stereocenters. The predicted octanol–water partition coefficient (Wildman–Crippen LogP) is 1.75. The molecule has 0 amide bonds. The molecule has 0 radical (unpaired) electrons. The minimum absolute atomic E-state index is 0.505. The molecule has 0 aliphatic heterocycles. The zero-order chi connectivity index (χ0) is 12.7. The fraction of sp³-hybridized carbons (Fsp3) is 0.143.